The summed E-state index contributed by atoms with van der Waals surface area (Å²) in [4.78, 5) is 0. The third-order valence-corrected chi connectivity index (χ3v) is 4.86. The molecule has 0 aliphatic carbocycles. The van der Waals surface area contributed by atoms with Gasteiger partial charge in [-0.2, -0.15) is 5.10 Å². The standard InChI is InChI=1S/C16H20BrN3/c1-3-16(2,12-6-4-7-13(17)10-12)14-11-15-18-8-5-9-20(15)19-14/h4,6-7,10-11,18H,3,5,8-9H2,1-2H3. The van der Waals surface area contributed by atoms with E-state index >= 15 is 0 Å². The number of aryl methyl sites for hydroxylation is 1. The molecule has 0 bridgehead atoms. The van der Waals surface area contributed by atoms with Crippen molar-refractivity contribution < 1.29 is 0 Å². The highest BCUT2D eigenvalue weighted by Gasteiger charge is 2.31. The van der Waals surface area contributed by atoms with Gasteiger partial charge in [0.25, 0.3) is 0 Å². The first-order chi connectivity index (χ1) is 9.63. The van der Waals surface area contributed by atoms with Crippen LogP contribution in [-0.2, 0) is 12.0 Å². The number of hydrogen-bond donors (Lipinski definition) is 1. The molecule has 1 unspecified atom stereocenters. The van der Waals surface area contributed by atoms with E-state index in [0.717, 1.165) is 41.9 Å². The molecular formula is C16H20BrN3. The lowest BCUT2D eigenvalue weighted by Crippen LogP contribution is -2.24. The van der Waals surface area contributed by atoms with Gasteiger partial charge in [-0.15, -0.1) is 0 Å². The molecule has 0 saturated carbocycles. The fourth-order valence-electron chi connectivity index (χ4n) is 2.81. The van der Waals surface area contributed by atoms with Gasteiger partial charge in [0.1, 0.15) is 5.82 Å². The smallest absolute Gasteiger partial charge is 0.124 e. The molecule has 0 fully saturated rings. The van der Waals surface area contributed by atoms with E-state index in [9.17, 15) is 0 Å². The fourth-order valence-corrected chi connectivity index (χ4v) is 3.21. The summed E-state index contributed by atoms with van der Waals surface area (Å²) in [7, 11) is 0. The monoisotopic (exact) mass is 333 g/mol. The van der Waals surface area contributed by atoms with Crippen molar-refractivity contribution in [1.82, 2.24) is 9.78 Å². The number of nitrogens with one attached hydrogen (secondary N) is 1. The Morgan fingerprint density at radius 1 is 1.40 bits per heavy atom. The molecule has 1 aromatic heterocycles. The molecule has 3 rings (SSSR count). The first kappa shape index (κ1) is 13.7. The van der Waals surface area contributed by atoms with Crippen molar-refractivity contribution in [2.45, 2.75) is 38.6 Å². The minimum absolute atomic E-state index is 0.0458. The van der Waals surface area contributed by atoms with E-state index in [-0.39, 0.29) is 5.41 Å². The van der Waals surface area contributed by atoms with E-state index in [2.05, 4.69) is 70.1 Å². The van der Waals surface area contributed by atoms with Gasteiger partial charge in [0, 0.05) is 29.0 Å². The molecular weight excluding hydrogens is 314 g/mol. The second kappa shape index (κ2) is 5.24. The first-order valence-corrected chi connectivity index (χ1v) is 8.01. The molecule has 2 heterocycles. The number of fused-ring (bicyclic) bond motifs is 1. The highest BCUT2D eigenvalue weighted by molar-refractivity contribution is 9.10. The Morgan fingerprint density at radius 3 is 2.95 bits per heavy atom. The van der Waals surface area contributed by atoms with E-state index in [0.29, 0.717) is 0 Å². The molecule has 1 aliphatic heterocycles. The van der Waals surface area contributed by atoms with E-state index in [1.54, 1.807) is 0 Å². The van der Waals surface area contributed by atoms with Crippen LogP contribution in [0.3, 0.4) is 0 Å². The lowest BCUT2D eigenvalue weighted by molar-refractivity contribution is 0.500. The van der Waals surface area contributed by atoms with E-state index in [1.165, 1.54) is 5.56 Å². The van der Waals surface area contributed by atoms with Crippen LogP contribution in [0.1, 0.15) is 37.9 Å². The van der Waals surface area contributed by atoms with E-state index in [4.69, 9.17) is 5.10 Å². The molecule has 0 radical (unpaired) electrons. The van der Waals surface area contributed by atoms with Gasteiger partial charge < -0.3 is 5.32 Å². The second-order valence-corrected chi connectivity index (χ2v) is 6.53. The Balaban J connectivity index is 2.06. The molecule has 2 aromatic rings. The lowest BCUT2D eigenvalue weighted by atomic mass is 9.77. The minimum atomic E-state index is -0.0458. The summed E-state index contributed by atoms with van der Waals surface area (Å²) in [5.41, 5.74) is 2.42. The third kappa shape index (κ3) is 2.26. The van der Waals surface area contributed by atoms with Crippen molar-refractivity contribution in [3.8, 4) is 0 Å². The van der Waals surface area contributed by atoms with Gasteiger partial charge in [-0.3, -0.25) is 0 Å². The minimum Gasteiger partial charge on any atom is -0.370 e. The summed E-state index contributed by atoms with van der Waals surface area (Å²) in [6, 6.07) is 10.8. The second-order valence-electron chi connectivity index (χ2n) is 5.61. The molecule has 0 saturated heterocycles. The van der Waals surface area contributed by atoms with Crippen LogP contribution in [0.15, 0.2) is 34.8 Å². The molecule has 1 atom stereocenters. The maximum absolute atomic E-state index is 4.84. The number of hydrogen-bond acceptors (Lipinski definition) is 2. The van der Waals surface area contributed by atoms with Crippen LogP contribution in [0.2, 0.25) is 0 Å². The Labute approximate surface area is 128 Å². The number of anilines is 1. The summed E-state index contributed by atoms with van der Waals surface area (Å²) >= 11 is 3.58. The summed E-state index contributed by atoms with van der Waals surface area (Å²) in [6.07, 6.45) is 2.17. The van der Waals surface area contributed by atoms with E-state index < -0.39 is 0 Å². The number of aromatic nitrogens is 2. The molecule has 0 amide bonds. The normalized spacial score (nSPS) is 17.1. The lowest BCUT2D eigenvalue weighted by Gasteiger charge is -2.27. The van der Waals surface area contributed by atoms with Crippen LogP contribution in [0.5, 0.6) is 0 Å². The van der Waals surface area contributed by atoms with Crippen LogP contribution >= 0.6 is 15.9 Å². The van der Waals surface area contributed by atoms with Crippen molar-refractivity contribution in [3.63, 3.8) is 0 Å². The zero-order valence-electron chi connectivity index (χ0n) is 12.0. The van der Waals surface area contributed by atoms with Crippen molar-refractivity contribution in [3.05, 3.63) is 46.1 Å². The Morgan fingerprint density at radius 2 is 2.25 bits per heavy atom. The number of rotatable bonds is 3. The Kier molecular flexibility index (Phi) is 3.59. The molecule has 1 N–H and O–H groups in total. The Bertz CT molecular complexity index is 596. The average molecular weight is 334 g/mol. The van der Waals surface area contributed by atoms with Crippen molar-refractivity contribution in [2.24, 2.45) is 0 Å². The molecule has 4 heteroatoms. The summed E-state index contributed by atoms with van der Waals surface area (Å²) in [6.45, 7) is 6.57. The van der Waals surface area contributed by atoms with Crippen LogP contribution < -0.4 is 5.32 Å². The highest BCUT2D eigenvalue weighted by Crippen LogP contribution is 2.36. The van der Waals surface area contributed by atoms with Gasteiger partial charge in [0.05, 0.1) is 5.69 Å². The van der Waals surface area contributed by atoms with Gasteiger partial charge >= 0.3 is 0 Å². The number of benzene rings is 1. The predicted octanol–water partition coefficient (Wildman–Crippen LogP) is 4.18. The zero-order chi connectivity index (χ0) is 14.2. The van der Waals surface area contributed by atoms with Crippen LogP contribution in [-0.4, -0.2) is 16.3 Å². The average Bonchev–Trinajstić information content (AvgIpc) is 2.91. The van der Waals surface area contributed by atoms with Gasteiger partial charge in [-0.1, -0.05) is 35.0 Å². The Hall–Kier alpha value is -1.29. The predicted molar refractivity (Wildman–Crippen MR) is 86.2 cm³/mol. The number of nitrogens with zero attached hydrogens (tertiary/aromatic N) is 2. The van der Waals surface area contributed by atoms with Gasteiger partial charge in [-0.05, 0) is 37.5 Å². The van der Waals surface area contributed by atoms with Crippen LogP contribution in [0.4, 0.5) is 5.82 Å². The summed E-state index contributed by atoms with van der Waals surface area (Å²) in [5.74, 6) is 1.15. The molecule has 20 heavy (non-hydrogen) atoms. The molecule has 106 valence electrons. The SMILES string of the molecule is CCC(C)(c1cccc(Br)c1)c1cc2n(n1)CCCN2. The zero-order valence-corrected chi connectivity index (χ0v) is 13.6. The molecule has 0 spiro atoms. The largest absolute Gasteiger partial charge is 0.370 e. The molecule has 1 aromatic carbocycles. The van der Waals surface area contributed by atoms with Gasteiger partial charge in [-0.25, -0.2) is 4.68 Å². The van der Waals surface area contributed by atoms with Crippen molar-refractivity contribution >= 4 is 21.7 Å². The van der Waals surface area contributed by atoms with Crippen molar-refractivity contribution in [1.29, 1.82) is 0 Å². The summed E-state index contributed by atoms with van der Waals surface area (Å²) in [5, 5.41) is 8.27. The summed E-state index contributed by atoms with van der Waals surface area (Å²) < 4.78 is 3.22. The van der Waals surface area contributed by atoms with Gasteiger partial charge in [0.15, 0.2) is 0 Å². The highest BCUT2D eigenvalue weighted by atomic mass is 79.9. The maximum Gasteiger partial charge on any atom is 0.124 e. The van der Waals surface area contributed by atoms with Crippen LogP contribution in [0.25, 0.3) is 0 Å². The maximum atomic E-state index is 4.84. The quantitative estimate of drug-likeness (QED) is 0.913. The van der Waals surface area contributed by atoms with E-state index in [1.807, 2.05) is 0 Å². The van der Waals surface area contributed by atoms with Crippen LogP contribution in [0, 0.1) is 0 Å². The van der Waals surface area contributed by atoms with Crippen molar-refractivity contribution in [2.75, 3.05) is 11.9 Å². The molecule has 3 nitrogen and oxygen atoms in total. The topological polar surface area (TPSA) is 29.9 Å². The third-order valence-electron chi connectivity index (χ3n) is 4.37. The number of halogens is 1. The molecule has 1 aliphatic rings. The fraction of sp³-hybridized carbons (Fsp3) is 0.438. The van der Waals surface area contributed by atoms with Gasteiger partial charge in [0.2, 0.25) is 0 Å². The first-order valence-electron chi connectivity index (χ1n) is 7.22.